The molecule has 0 bridgehead atoms. The van der Waals surface area contributed by atoms with Gasteiger partial charge >= 0.3 is 5.97 Å². The summed E-state index contributed by atoms with van der Waals surface area (Å²) in [6.45, 7) is 5.12. The molecule has 0 aromatic heterocycles. The van der Waals surface area contributed by atoms with E-state index in [1.165, 1.54) is 6.07 Å². The van der Waals surface area contributed by atoms with Gasteiger partial charge in [0.1, 0.15) is 5.75 Å². The number of aryl methyl sites for hydroxylation is 1. The van der Waals surface area contributed by atoms with Gasteiger partial charge in [-0.1, -0.05) is 18.7 Å². The molecule has 0 aliphatic rings. The number of aromatic hydroxyl groups is 1. The smallest absolute Gasteiger partial charge is 0.335 e. The van der Waals surface area contributed by atoms with Crippen molar-refractivity contribution < 1.29 is 15.0 Å². The van der Waals surface area contributed by atoms with Gasteiger partial charge in [-0.25, -0.2) is 4.79 Å². The van der Waals surface area contributed by atoms with Crippen LogP contribution in [0.2, 0.25) is 0 Å². The molecule has 13 heavy (non-hydrogen) atoms. The molecule has 0 amide bonds. The van der Waals surface area contributed by atoms with Gasteiger partial charge in [0.2, 0.25) is 0 Å². The molecule has 0 aliphatic carbocycles. The molecular weight excluding hydrogens is 168 g/mol. The highest BCUT2D eigenvalue weighted by atomic mass is 16.4. The first kappa shape index (κ1) is 9.32. The molecule has 0 radical (unpaired) electrons. The number of hydrogen-bond acceptors (Lipinski definition) is 2. The number of carboxylic acid groups (broad SMARTS) is 1. The lowest BCUT2D eigenvalue weighted by Crippen LogP contribution is -1.97. The van der Waals surface area contributed by atoms with Crippen LogP contribution in [-0.4, -0.2) is 16.2 Å². The molecule has 0 heterocycles. The van der Waals surface area contributed by atoms with Crippen molar-refractivity contribution in [1.82, 2.24) is 0 Å². The third kappa shape index (κ3) is 1.87. The molecule has 0 fully saturated rings. The standard InChI is InChI=1S/C10H10O3/c1-6-3-4-8(5-9(6)11)7(2)10(12)13/h3-5,11H,2H2,1H3,(H,12,13). The Morgan fingerprint density at radius 2 is 2.08 bits per heavy atom. The summed E-state index contributed by atoms with van der Waals surface area (Å²) in [6, 6.07) is 4.66. The Balaban J connectivity index is 3.11. The van der Waals surface area contributed by atoms with Crippen LogP contribution in [-0.2, 0) is 4.79 Å². The van der Waals surface area contributed by atoms with E-state index in [2.05, 4.69) is 6.58 Å². The number of benzene rings is 1. The van der Waals surface area contributed by atoms with Gasteiger partial charge in [-0.2, -0.15) is 0 Å². The van der Waals surface area contributed by atoms with Gasteiger partial charge in [0.25, 0.3) is 0 Å². The maximum Gasteiger partial charge on any atom is 0.335 e. The number of phenolic OH excluding ortho intramolecular Hbond substituents is 1. The largest absolute Gasteiger partial charge is 0.508 e. The van der Waals surface area contributed by atoms with Crippen LogP contribution in [0.4, 0.5) is 0 Å². The molecule has 1 aromatic rings. The highest BCUT2D eigenvalue weighted by Gasteiger charge is 2.08. The normalized spacial score (nSPS) is 9.62. The zero-order valence-corrected chi connectivity index (χ0v) is 7.24. The van der Waals surface area contributed by atoms with Crippen LogP contribution in [0, 0.1) is 6.92 Å². The molecule has 0 saturated heterocycles. The predicted octanol–water partition coefficient (Wildman–Crippen LogP) is 1.80. The molecule has 1 aromatic carbocycles. The maximum absolute atomic E-state index is 10.5. The van der Waals surface area contributed by atoms with Crippen LogP contribution in [0.1, 0.15) is 11.1 Å². The zero-order valence-electron chi connectivity index (χ0n) is 7.24. The van der Waals surface area contributed by atoms with Crippen molar-refractivity contribution in [3.63, 3.8) is 0 Å². The molecule has 0 saturated carbocycles. The second kappa shape index (κ2) is 3.31. The van der Waals surface area contributed by atoms with Gasteiger partial charge in [0.05, 0.1) is 5.57 Å². The summed E-state index contributed by atoms with van der Waals surface area (Å²) < 4.78 is 0. The van der Waals surface area contributed by atoms with Crippen LogP contribution in [0.5, 0.6) is 5.75 Å². The van der Waals surface area contributed by atoms with E-state index >= 15 is 0 Å². The first-order chi connectivity index (χ1) is 6.02. The van der Waals surface area contributed by atoms with Crippen molar-refractivity contribution in [1.29, 1.82) is 0 Å². The third-order valence-corrected chi connectivity index (χ3v) is 1.82. The number of hydrogen-bond donors (Lipinski definition) is 2. The average molecular weight is 178 g/mol. The van der Waals surface area contributed by atoms with Gasteiger partial charge in [0.15, 0.2) is 0 Å². The summed E-state index contributed by atoms with van der Waals surface area (Å²) in [7, 11) is 0. The SMILES string of the molecule is C=C(C(=O)O)c1ccc(C)c(O)c1. The lowest BCUT2D eigenvalue weighted by Gasteiger charge is -2.03. The lowest BCUT2D eigenvalue weighted by atomic mass is 10.1. The van der Waals surface area contributed by atoms with Crippen molar-refractivity contribution in [2.24, 2.45) is 0 Å². The van der Waals surface area contributed by atoms with Crippen molar-refractivity contribution >= 4 is 11.5 Å². The van der Waals surface area contributed by atoms with E-state index in [-0.39, 0.29) is 11.3 Å². The van der Waals surface area contributed by atoms with Crippen LogP contribution < -0.4 is 0 Å². The van der Waals surface area contributed by atoms with Crippen molar-refractivity contribution in [3.05, 3.63) is 35.9 Å². The van der Waals surface area contributed by atoms with Crippen molar-refractivity contribution in [3.8, 4) is 5.75 Å². The molecule has 0 spiro atoms. The minimum atomic E-state index is -1.08. The Labute approximate surface area is 76.0 Å². The summed E-state index contributed by atoms with van der Waals surface area (Å²) in [5.74, 6) is -0.997. The van der Waals surface area contributed by atoms with Gasteiger partial charge in [0, 0.05) is 0 Å². The van der Waals surface area contributed by atoms with Crippen LogP contribution in [0.3, 0.4) is 0 Å². The van der Waals surface area contributed by atoms with E-state index in [1.54, 1.807) is 19.1 Å². The maximum atomic E-state index is 10.5. The lowest BCUT2D eigenvalue weighted by molar-refractivity contribution is -0.130. The number of rotatable bonds is 2. The van der Waals surface area contributed by atoms with E-state index in [9.17, 15) is 9.90 Å². The molecule has 3 nitrogen and oxygen atoms in total. The molecule has 2 N–H and O–H groups in total. The van der Waals surface area contributed by atoms with Crippen LogP contribution in [0.15, 0.2) is 24.8 Å². The quantitative estimate of drug-likeness (QED) is 0.679. The first-order valence-electron chi connectivity index (χ1n) is 3.74. The molecule has 1 rings (SSSR count). The monoisotopic (exact) mass is 178 g/mol. The molecule has 0 unspecified atom stereocenters. The highest BCUT2D eigenvalue weighted by molar-refractivity contribution is 6.14. The first-order valence-corrected chi connectivity index (χ1v) is 3.74. The number of phenols is 1. The Morgan fingerprint density at radius 3 is 2.54 bits per heavy atom. The van der Waals surface area contributed by atoms with E-state index in [1.807, 2.05) is 0 Å². The molecule has 68 valence electrons. The fraction of sp³-hybridized carbons (Fsp3) is 0.100. The Hall–Kier alpha value is -1.77. The van der Waals surface area contributed by atoms with Crippen LogP contribution in [0.25, 0.3) is 5.57 Å². The number of aliphatic carboxylic acids is 1. The molecule has 0 aliphatic heterocycles. The Morgan fingerprint density at radius 1 is 1.46 bits per heavy atom. The van der Waals surface area contributed by atoms with Gasteiger partial charge in [-0.05, 0) is 24.1 Å². The predicted molar refractivity (Wildman–Crippen MR) is 49.5 cm³/mol. The van der Waals surface area contributed by atoms with Crippen molar-refractivity contribution in [2.75, 3.05) is 0 Å². The highest BCUT2D eigenvalue weighted by Crippen LogP contribution is 2.21. The summed E-state index contributed by atoms with van der Waals surface area (Å²) >= 11 is 0. The minimum absolute atomic E-state index is 0.0182. The van der Waals surface area contributed by atoms with Gasteiger partial charge in [-0.15, -0.1) is 0 Å². The molecule has 3 heteroatoms. The minimum Gasteiger partial charge on any atom is -0.508 e. The topological polar surface area (TPSA) is 57.5 Å². The third-order valence-electron chi connectivity index (χ3n) is 1.82. The zero-order chi connectivity index (χ0) is 10.0. The van der Waals surface area contributed by atoms with E-state index < -0.39 is 5.97 Å². The molecule has 0 atom stereocenters. The fourth-order valence-electron chi connectivity index (χ4n) is 0.921. The second-order valence-electron chi connectivity index (χ2n) is 2.78. The van der Waals surface area contributed by atoms with Crippen LogP contribution >= 0.6 is 0 Å². The fourth-order valence-corrected chi connectivity index (χ4v) is 0.921. The molecular formula is C10H10O3. The summed E-state index contributed by atoms with van der Waals surface area (Å²) in [4.78, 5) is 10.5. The van der Waals surface area contributed by atoms with E-state index in [0.29, 0.717) is 11.1 Å². The van der Waals surface area contributed by atoms with Gasteiger partial charge < -0.3 is 10.2 Å². The van der Waals surface area contributed by atoms with Gasteiger partial charge in [-0.3, -0.25) is 0 Å². The summed E-state index contributed by atoms with van der Waals surface area (Å²) in [5, 5.41) is 17.9. The average Bonchev–Trinajstić information content (AvgIpc) is 2.08. The number of carboxylic acids is 1. The summed E-state index contributed by atoms with van der Waals surface area (Å²) in [5.41, 5.74) is 1.12. The second-order valence-corrected chi connectivity index (χ2v) is 2.78. The van der Waals surface area contributed by atoms with E-state index in [4.69, 9.17) is 5.11 Å². The Kier molecular flexibility index (Phi) is 2.37. The van der Waals surface area contributed by atoms with E-state index in [0.717, 1.165) is 0 Å². The Bertz CT molecular complexity index is 366. The summed E-state index contributed by atoms with van der Waals surface area (Å²) in [6.07, 6.45) is 0. The number of carbonyl (C=O) groups is 1. The van der Waals surface area contributed by atoms with Crippen molar-refractivity contribution in [2.45, 2.75) is 6.92 Å².